The number of hydrogen-bond acceptors (Lipinski definition) is 2. The van der Waals surface area contributed by atoms with Crippen LogP contribution in [0.3, 0.4) is 0 Å². The molecule has 0 atom stereocenters. The molecule has 0 heterocycles. The minimum absolute atomic E-state index is 0. The highest BCUT2D eigenvalue weighted by Crippen LogP contribution is 2.18. The predicted octanol–water partition coefficient (Wildman–Crippen LogP) is 1.88. The van der Waals surface area contributed by atoms with E-state index in [1.165, 1.54) is 18.2 Å². The Hall–Kier alpha value is -1.36. The van der Waals surface area contributed by atoms with Gasteiger partial charge in [-0.2, -0.15) is 5.26 Å². The Morgan fingerprint density at radius 2 is 2.28 bits per heavy atom. The third-order valence-electron chi connectivity index (χ3n) is 2.52. The summed E-state index contributed by atoms with van der Waals surface area (Å²) in [6, 6.07) is 6.59. The van der Waals surface area contributed by atoms with E-state index in [4.69, 9.17) is 11.0 Å². The van der Waals surface area contributed by atoms with Crippen LogP contribution in [0.4, 0.5) is 4.39 Å². The second-order valence-corrected chi connectivity index (χ2v) is 4.04. The van der Waals surface area contributed by atoms with Crippen LogP contribution in [0.25, 0.3) is 0 Å². The maximum Gasteiger partial charge on any atom is 0.189 e. The van der Waals surface area contributed by atoms with Crippen LogP contribution in [0.1, 0.15) is 24.0 Å². The molecular weight excluding hydrogens is 346 g/mol. The average molecular weight is 360 g/mol. The fraction of sp³-hybridized carbons (Fsp3) is 0.333. The van der Waals surface area contributed by atoms with Crippen molar-refractivity contribution in [1.82, 2.24) is 5.32 Å². The average Bonchev–Trinajstić information content (AvgIpc) is 3.12. The van der Waals surface area contributed by atoms with Gasteiger partial charge >= 0.3 is 0 Å². The van der Waals surface area contributed by atoms with E-state index in [1.54, 1.807) is 0 Å². The van der Waals surface area contributed by atoms with Gasteiger partial charge in [-0.1, -0.05) is 0 Å². The molecule has 1 fully saturated rings. The summed E-state index contributed by atoms with van der Waals surface area (Å²) in [4.78, 5) is 4.04. The first-order valence-corrected chi connectivity index (χ1v) is 5.44. The molecule has 0 aromatic heterocycles. The van der Waals surface area contributed by atoms with E-state index >= 15 is 0 Å². The molecule has 0 saturated heterocycles. The lowest BCUT2D eigenvalue weighted by Crippen LogP contribution is -2.33. The van der Waals surface area contributed by atoms with E-state index in [-0.39, 0.29) is 36.3 Å². The number of nitriles is 1. The number of aliphatic imine (C=N–C) groups is 1. The van der Waals surface area contributed by atoms with Crippen molar-refractivity contribution in [3.05, 3.63) is 35.1 Å². The van der Waals surface area contributed by atoms with Crippen LogP contribution in [0, 0.1) is 17.1 Å². The summed E-state index contributed by atoms with van der Waals surface area (Å²) in [5, 5.41) is 11.7. The fourth-order valence-electron chi connectivity index (χ4n) is 1.42. The zero-order valence-electron chi connectivity index (χ0n) is 9.69. The van der Waals surface area contributed by atoms with Crippen molar-refractivity contribution in [1.29, 1.82) is 5.26 Å². The van der Waals surface area contributed by atoms with Crippen molar-refractivity contribution in [2.75, 3.05) is 0 Å². The smallest absolute Gasteiger partial charge is 0.189 e. The number of nitrogens with zero attached hydrogens (tertiary/aromatic N) is 2. The molecular formula is C12H14FIN4. The van der Waals surface area contributed by atoms with Gasteiger partial charge in [0.15, 0.2) is 5.96 Å². The molecule has 6 heteroatoms. The van der Waals surface area contributed by atoms with Crippen molar-refractivity contribution in [3.8, 4) is 6.07 Å². The molecule has 0 spiro atoms. The lowest BCUT2D eigenvalue weighted by Gasteiger charge is -2.04. The monoisotopic (exact) mass is 360 g/mol. The Balaban J connectivity index is 0.00000162. The molecule has 1 aromatic carbocycles. The zero-order chi connectivity index (χ0) is 12.3. The van der Waals surface area contributed by atoms with Crippen molar-refractivity contribution in [3.63, 3.8) is 0 Å². The molecule has 1 saturated carbocycles. The number of nitrogens with one attached hydrogen (secondary N) is 1. The molecule has 3 N–H and O–H groups in total. The Morgan fingerprint density at radius 3 is 2.89 bits per heavy atom. The van der Waals surface area contributed by atoms with Crippen LogP contribution in [-0.4, -0.2) is 12.0 Å². The van der Waals surface area contributed by atoms with E-state index < -0.39 is 0 Å². The van der Waals surface area contributed by atoms with Gasteiger partial charge in [-0.25, -0.2) is 9.38 Å². The summed E-state index contributed by atoms with van der Waals surface area (Å²) in [6.07, 6.45) is 2.21. The quantitative estimate of drug-likeness (QED) is 0.491. The summed E-state index contributed by atoms with van der Waals surface area (Å²) in [5.74, 6) is -0.0405. The molecule has 1 aliphatic carbocycles. The Kier molecular flexibility index (Phi) is 5.34. The molecule has 96 valence electrons. The minimum atomic E-state index is -0.369. The third kappa shape index (κ3) is 4.14. The normalized spacial score (nSPS) is 14.6. The molecule has 18 heavy (non-hydrogen) atoms. The molecule has 4 nitrogen and oxygen atoms in total. The standard InChI is InChI=1S/C12H13FN4.HI/c13-11-4-1-8(6-14)5-9(11)7-16-12(15)17-10-2-3-10;/h1,4-5,10H,2-3,7H2,(H3,15,16,17);1H. The number of rotatable bonds is 3. The van der Waals surface area contributed by atoms with E-state index in [0.29, 0.717) is 23.1 Å². The number of halogens is 2. The van der Waals surface area contributed by atoms with Crippen molar-refractivity contribution < 1.29 is 4.39 Å². The fourth-order valence-corrected chi connectivity index (χ4v) is 1.42. The SMILES string of the molecule is I.N#Cc1ccc(F)c(CN=C(N)NC2CC2)c1. The zero-order valence-corrected chi connectivity index (χ0v) is 12.0. The minimum Gasteiger partial charge on any atom is -0.370 e. The van der Waals surface area contributed by atoms with Crippen molar-refractivity contribution in [2.24, 2.45) is 10.7 Å². The van der Waals surface area contributed by atoms with Gasteiger partial charge in [0.2, 0.25) is 0 Å². The van der Waals surface area contributed by atoms with E-state index in [9.17, 15) is 4.39 Å². The Bertz CT molecular complexity index is 491. The van der Waals surface area contributed by atoms with Gasteiger partial charge < -0.3 is 11.1 Å². The molecule has 1 aliphatic rings. The first-order valence-electron chi connectivity index (χ1n) is 5.44. The molecule has 0 unspecified atom stereocenters. The molecule has 2 rings (SSSR count). The maximum atomic E-state index is 13.4. The van der Waals surface area contributed by atoms with Gasteiger partial charge in [-0.3, -0.25) is 0 Å². The van der Waals surface area contributed by atoms with E-state index in [1.807, 2.05) is 6.07 Å². The molecule has 0 radical (unpaired) electrons. The number of guanidine groups is 1. The van der Waals surface area contributed by atoms with Crippen LogP contribution in [0.2, 0.25) is 0 Å². The topological polar surface area (TPSA) is 74.2 Å². The van der Waals surface area contributed by atoms with Crippen LogP contribution >= 0.6 is 24.0 Å². The van der Waals surface area contributed by atoms with Gasteiger partial charge in [0.05, 0.1) is 18.2 Å². The van der Waals surface area contributed by atoms with Crippen LogP contribution in [-0.2, 0) is 6.54 Å². The summed E-state index contributed by atoms with van der Waals surface area (Å²) in [7, 11) is 0. The first kappa shape index (κ1) is 14.7. The summed E-state index contributed by atoms with van der Waals surface area (Å²) in [5.41, 5.74) is 6.44. The summed E-state index contributed by atoms with van der Waals surface area (Å²) in [6.45, 7) is 0.146. The van der Waals surface area contributed by atoms with Crippen molar-refractivity contribution >= 4 is 29.9 Å². The highest BCUT2D eigenvalue weighted by molar-refractivity contribution is 14.0. The van der Waals surface area contributed by atoms with E-state index in [0.717, 1.165) is 12.8 Å². The molecule has 0 amide bonds. The van der Waals surface area contributed by atoms with Gasteiger partial charge in [0.1, 0.15) is 5.82 Å². The second-order valence-electron chi connectivity index (χ2n) is 4.04. The molecule has 1 aromatic rings. The largest absolute Gasteiger partial charge is 0.370 e. The number of hydrogen-bond donors (Lipinski definition) is 2. The van der Waals surface area contributed by atoms with Gasteiger partial charge in [0.25, 0.3) is 0 Å². The van der Waals surface area contributed by atoms with Crippen molar-refractivity contribution in [2.45, 2.75) is 25.4 Å². The highest BCUT2D eigenvalue weighted by Gasteiger charge is 2.21. The summed E-state index contributed by atoms with van der Waals surface area (Å²) < 4.78 is 13.4. The van der Waals surface area contributed by atoms with Crippen LogP contribution < -0.4 is 11.1 Å². The Labute approximate surface area is 122 Å². The van der Waals surface area contributed by atoms with Gasteiger partial charge in [0, 0.05) is 11.6 Å². The van der Waals surface area contributed by atoms with Gasteiger partial charge in [-0.15, -0.1) is 24.0 Å². The predicted molar refractivity (Wildman–Crippen MR) is 78.0 cm³/mol. The second kappa shape index (κ2) is 6.54. The summed E-state index contributed by atoms with van der Waals surface area (Å²) >= 11 is 0. The maximum absolute atomic E-state index is 13.4. The van der Waals surface area contributed by atoms with Gasteiger partial charge in [-0.05, 0) is 31.0 Å². The van der Waals surface area contributed by atoms with Crippen LogP contribution in [0.15, 0.2) is 23.2 Å². The number of nitrogens with two attached hydrogens (primary N) is 1. The number of benzene rings is 1. The lowest BCUT2D eigenvalue weighted by atomic mass is 10.1. The third-order valence-corrected chi connectivity index (χ3v) is 2.52. The molecule has 0 bridgehead atoms. The first-order chi connectivity index (χ1) is 8.19. The lowest BCUT2D eigenvalue weighted by molar-refractivity contribution is 0.610. The van der Waals surface area contributed by atoms with E-state index in [2.05, 4.69) is 10.3 Å². The highest BCUT2D eigenvalue weighted by atomic mass is 127. The Morgan fingerprint density at radius 1 is 1.56 bits per heavy atom. The van der Waals surface area contributed by atoms with Crippen LogP contribution in [0.5, 0.6) is 0 Å². The molecule has 0 aliphatic heterocycles.